The average Bonchev–Trinajstić information content (AvgIpc) is 3.07. The smallest absolute Gasteiger partial charge is 0.191 e. The van der Waals surface area contributed by atoms with E-state index >= 15 is 0 Å². The van der Waals surface area contributed by atoms with Gasteiger partial charge in [0.1, 0.15) is 5.60 Å². The molecule has 0 aliphatic carbocycles. The molecule has 1 unspecified atom stereocenters. The van der Waals surface area contributed by atoms with E-state index < -0.39 is 5.60 Å². The molecule has 5 nitrogen and oxygen atoms in total. The fourth-order valence-corrected chi connectivity index (χ4v) is 3.52. The van der Waals surface area contributed by atoms with E-state index in [1.165, 1.54) is 25.9 Å². The molecular weight excluding hydrogens is 308 g/mol. The summed E-state index contributed by atoms with van der Waals surface area (Å²) in [5.74, 6) is 1.50. The molecule has 1 aliphatic rings. The first-order valence-corrected chi connectivity index (χ1v) is 9.36. The van der Waals surface area contributed by atoms with Gasteiger partial charge in [-0.1, -0.05) is 6.07 Å². The number of hydrogen-bond acceptors (Lipinski definition) is 4. The Balaban J connectivity index is 1.87. The van der Waals surface area contributed by atoms with Gasteiger partial charge in [-0.15, -0.1) is 11.3 Å². The van der Waals surface area contributed by atoms with Crippen LogP contribution in [0.3, 0.4) is 0 Å². The highest BCUT2D eigenvalue weighted by Gasteiger charge is 2.24. The molecule has 3 N–H and O–H groups in total. The number of guanidine groups is 1. The maximum Gasteiger partial charge on any atom is 0.191 e. The fourth-order valence-electron chi connectivity index (χ4n) is 2.74. The van der Waals surface area contributed by atoms with Crippen LogP contribution in [0.4, 0.5) is 0 Å². The van der Waals surface area contributed by atoms with E-state index in [0.717, 1.165) is 23.9 Å². The van der Waals surface area contributed by atoms with Crippen molar-refractivity contribution in [3.05, 3.63) is 22.4 Å². The molecule has 2 rings (SSSR count). The van der Waals surface area contributed by atoms with Crippen LogP contribution in [0.15, 0.2) is 22.5 Å². The van der Waals surface area contributed by atoms with E-state index in [4.69, 9.17) is 0 Å². The van der Waals surface area contributed by atoms with E-state index in [0.29, 0.717) is 12.5 Å². The van der Waals surface area contributed by atoms with Crippen molar-refractivity contribution in [3.63, 3.8) is 0 Å². The lowest BCUT2D eigenvalue weighted by atomic mass is 9.97. The minimum Gasteiger partial charge on any atom is -0.383 e. The molecular formula is C17H30N4OS. The quantitative estimate of drug-likeness (QED) is 0.547. The minimum absolute atomic E-state index is 0.357. The van der Waals surface area contributed by atoms with Crippen molar-refractivity contribution in [2.75, 3.05) is 39.8 Å². The molecule has 0 aromatic carbocycles. The van der Waals surface area contributed by atoms with E-state index in [2.05, 4.69) is 34.5 Å². The fraction of sp³-hybridized carbons (Fsp3) is 0.706. The second-order valence-electron chi connectivity index (χ2n) is 6.57. The Morgan fingerprint density at radius 3 is 2.78 bits per heavy atom. The monoisotopic (exact) mass is 338 g/mol. The van der Waals surface area contributed by atoms with Crippen LogP contribution in [0, 0.1) is 5.92 Å². The van der Waals surface area contributed by atoms with Crippen LogP contribution in [0.1, 0.15) is 31.6 Å². The lowest BCUT2D eigenvalue weighted by Crippen LogP contribution is -2.43. The molecule has 130 valence electrons. The summed E-state index contributed by atoms with van der Waals surface area (Å²) in [5.41, 5.74) is -0.913. The number of nitrogens with zero attached hydrogens (tertiary/aromatic N) is 2. The van der Waals surface area contributed by atoms with Crippen LogP contribution in [0.5, 0.6) is 0 Å². The standard InChI is InChI=1S/C17H30N4OS/c1-4-18-16(19-12-14-7-9-21(3)10-8-14)20-13-17(2,22)15-6-5-11-23-15/h5-6,11,14,22H,4,7-10,12-13H2,1-3H3,(H2,18,19,20). The SMILES string of the molecule is CCNC(=NCC(C)(O)c1cccs1)NCC1CCN(C)CC1. The Kier molecular flexibility index (Phi) is 6.87. The molecule has 0 amide bonds. The summed E-state index contributed by atoms with van der Waals surface area (Å²) in [7, 11) is 2.18. The molecule has 6 heteroatoms. The van der Waals surface area contributed by atoms with Crippen molar-refractivity contribution < 1.29 is 5.11 Å². The highest BCUT2D eigenvalue weighted by atomic mass is 32.1. The molecule has 2 heterocycles. The maximum absolute atomic E-state index is 10.6. The van der Waals surface area contributed by atoms with Crippen molar-refractivity contribution in [2.45, 2.75) is 32.3 Å². The molecule has 0 radical (unpaired) electrons. The Morgan fingerprint density at radius 2 is 2.17 bits per heavy atom. The lowest BCUT2D eigenvalue weighted by molar-refractivity contribution is 0.0711. The van der Waals surface area contributed by atoms with Crippen molar-refractivity contribution in [3.8, 4) is 0 Å². The summed E-state index contributed by atoms with van der Waals surface area (Å²) >= 11 is 1.57. The van der Waals surface area contributed by atoms with Gasteiger partial charge in [0.2, 0.25) is 0 Å². The van der Waals surface area contributed by atoms with E-state index in [9.17, 15) is 5.11 Å². The van der Waals surface area contributed by atoms with Gasteiger partial charge < -0.3 is 20.6 Å². The van der Waals surface area contributed by atoms with Crippen LogP contribution in [-0.4, -0.2) is 55.7 Å². The van der Waals surface area contributed by atoms with Gasteiger partial charge in [0.05, 0.1) is 6.54 Å². The molecule has 23 heavy (non-hydrogen) atoms. The number of likely N-dealkylation sites (tertiary alicyclic amines) is 1. The molecule has 0 saturated carbocycles. The Morgan fingerprint density at radius 1 is 1.43 bits per heavy atom. The first-order chi connectivity index (χ1) is 11.0. The number of thiophene rings is 1. The molecule has 1 aromatic heterocycles. The van der Waals surface area contributed by atoms with Crippen LogP contribution in [-0.2, 0) is 5.60 Å². The van der Waals surface area contributed by atoms with Crippen LogP contribution >= 0.6 is 11.3 Å². The van der Waals surface area contributed by atoms with Crippen molar-refractivity contribution in [2.24, 2.45) is 10.9 Å². The number of aliphatic hydroxyl groups is 1. The molecule has 0 bridgehead atoms. The Hall–Kier alpha value is -1.11. The van der Waals surface area contributed by atoms with Gasteiger partial charge in [-0.3, -0.25) is 0 Å². The number of aliphatic imine (C=N–C) groups is 1. The third-order valence-electron chi connectivity index (χ3n) is 4.34. The molecule has 1 aromatic rings. The van der Waals surface area contributed by atoms with Gasteiger partial charge >= 0.3 is 0 Å². The molecule has 1 saturated heterocycles. The van der Waals surface area contributed by atoms with Gasteiger partial charge in [0, 0.05) is 18.0 Å². The van der Waals surface area contributed by atoms with Crippen LogP contribution in [0.2, 0.25) is 0 Å². The zero-order chi connectivity index (χ0) is 16.7. The van der Waals surface area contributed by atoms with Crippen molar-refractivity contribution in [1.82, 2.24) is 15.5 Å². The third kappa shape index (κ3) is 5.79. The van der Waals surface area contributed by atoms with E-state index in [1.807, 2.05) is 24.4 Å². The lowest BCUT2D eigenvalue weighted by Gasteiger charge is -2.29. The zero-order valence-electron chi connectivity index (χ0n) is 14.5. The van der Waals surface area contributed by atoms with Gasteiger partial charge in [-0.25, -0.2) is 4.99 Å². The first-order valence-electron chi connectivity index (χ1n) is 8.48. The molecule has 1 aliphatic heterocycles. The normalized spacial score (nSPS) is 20.3. The minimum atomic E-state index is -0.913. The number of hydrogen-bond donors (Lipinski definition) is 3. The van der Waals surface area contributed by atoms with Gasteiger partial charge in [-0.2, -0.15) is 0 Å². The summed E-state index contributed by atoms with van der Waals surface area (Å²) in [6.07, 6.45) is 2.46. The second-order valence-corrected chi connectivity index (χ2v) is 7.52. The number of piperidine rings is 1. The average molecular weight is 339 g/mol. The van der Waals surface area contributed by atoms with Crippen molar-refractivity contribution >= 4 is 17.3 Å². The molecule has 1 atom stereocenters. The Bertz CT molecular complexity index is 479. The first kappa shape index (κ1) is 18.2. The van der Waals surface area contributed by atoms with Crippen LogP contribution in [0.25, 0.3) is 0 Å². The largest absolute Gasteiger partial charge is 0.383 e. The maximum atomic E-state index is 10.6. The van der Waals surface area contributed by atoms with Crippen molar-refractivity contribution in [1.29, 1.82) is 0 Å². The van der Waals surface area contributed by atoms with Crippen LogP contribution < -0.4 is 10.6 Å². The highest BCUT2D eigenvalue weighted by molar-refractivity contribution is 7.10. The van der Waals surface area contributed by atoms with Gasteiger partial charge in [0.15, 0.2) is 5.96 Å². The zero-order valence-corrected chi connectivity index (χ0v) is 15.3. The van der Waals surface area contributed by atoms with E-state index in [-0.39, 0.29) is 0 Å². The summed E-state index contributed by atoms with van der Waals surface area (Å²) in [4.78, 5) is 7.92. The molecule has 1 fully saturated rings. The highest BCUT2D eigenvalue weighted by Crippen LogP contribution is 2.25. The summed E-state index contributed by atoms with van der Waals surface area (Å²) < 4.78 is 0. The number of rotatable bonds is 6. The van der Waals surface area contributed by atoms with Gasteiger partial charge in [0.25, 0.3) is 0 Å². The predicted molar refractivity (Wildman–Crippen MR) is 98.1 cm³/mol. The Labute approximate surface area is 143 Å². The summed E-state index contributed by atoms with van der Waals surface area (Å²) in [6.45, 7) is 8.35. The summed E-state index contributed by atoms with van der Waals surface area (Å²) in [6, 6.07) is 3.92. The predicted octanol–water partition coefficient (Wildman–Crippen LogP) is 1.85. The number of nitrogens with one attached hydrogen (secondary N) is 2. The topological polar surface area (TPSA) is 59.9 Å². The second kappa shape index (κ2) is 8.66. The van der Waals surface area contributed by atoms with E-state index in [1.54, 1.807) is 11.3 Å². The molecule has 0 spiro atoms. The third-order valence-corrected chi connectivity index (χ3v) is 5.46. The summed E-state index contributed by atoms with van der Waals surface area (Å²) in [5, 5.41) is 19.3. The van der Waals surface area contributed by atoms with Gasteiger partial charge in [-0.05, 0) is 64.2 Å².